The number of hydrogen-bond donors (Lipinski definition) is 1. The fourth-order valence-corrected chi connectivity index (χ4v) is 1.80. The predicted octanol–water partition coefficient (Wildman–Crippen LogP) is 3.41. The van der Waals surface area contributed by atoms with Gasteiger partial charge in [-0.15, -0.1) is 0 Å². The summed E-state index contributed by atoms with van der Waals surface area (Å²) >= 11 is 0. The first kappa shape index (κ1) is 15.7. The predicted molar refractivity (Wildman–Crippen MR) is 75.9 cm³/mol. The van der Waals surface area contributed by atoms with Gasteiger partial charge in [-0.3, -0.25) is 4.79 Å². The Bertz CT molecular complexity index is 370. The molecular formula is C16H24O3. The van der Waals surface area contributed by atoms with E-state index >= 15 is 0 Å². The van der Waals surface area contributed by atoms with E-state index in [4.69, 9.17) is 4.74 Å². The number of esters is 1. The highest BCUT2D eigenvalue weighted by atomic mass is 16.5. The molecule has 3 nitrogen and oxygen atoms in total. The molecule has 0 fully saturated rings. The zero-order valence-corrected chi connectivity index (χ0v) is 11.9. The van der Waals surface area contributed by atoms with Gasteiger partial charge in [-0.1, -0.05) is 44.5 Å². The van der Waals surface area contributed by atoms with Gasteiger partial charge >= 0.3 is 5.97 Å². The van der Waals surface area contributed by atoms with Crippen LogP contribution in [0.3, 0.4) is 0 Å². The van der Waals surface area contributed by atoms with Crippen molar-refractivity contribution in [3.05, 3.63) is 35.4 Å². The first-order valence-corrected chi connectivity index (χ1v) is 7.09. The lowest BCUT2D eigenvalue weighted by molar-refractivity contribution is -0.144. The molecule has 3 heteroatoms. The van der Waals surface area contributed by atoms with Crippen molar-refractivity contribution in [1.29, 1.82) is 0 Å². The number of benzene rings is 1. The summed E-state index contributed by atoms with van der Waals surface area (Å²) in [6.45, 7) is 4.63. The van der Waals surface area contributed by atoms with E-state index in [1.54, 1.807) is 0 Å². The Morgan fingerprint density at radius 2 is 1.95 bits per heavy atom. The maximum Gasteiger partial charge on any atom is 0.305 e. The van der Waals surface area contributed by atoms with Crippen molar-refractivity contribution in [3.63, 3.8) is 0 Å². The third-order valence-electron chi connectivity index (χ3n) is 3.16. The summed E-state index contributed by atoms with van der Waals surface area (Å²) in [6.07, 6.45) is 2.98. The lowest BCUT2D eigenvalue weighted by atomic mass is 10.0. The summed E-state index contributed by atoms with van der Waals surface area (Å²) in [6, 6.07) is 7.87. The van der Waals surface area contributed by atoms with Crippen LogP contribution in [-0.4, -0.2) is 17.7 Å². The number of aryl methyl sites for hydroxylation is 1. The van der Waals surface area contributed by atoms with E-state index in [1.165, 1.54) is 5.56 Å². The molecule has 0 heterocycles. The number of carbonyl (C=O) groups excluding carboxylic acids is 1. The van der Waals surface area contributed by atoms with Gasteiger partial charge in [0.25, 0.3) is 0 Å². The van der Waals surface area contributed by atoms with Crippen LogP contribution in [0.15, 0.2) is 24.3 Å². The van der Waals surface area contributed by atoms with Crippen molar-refractivity contribution in [3.8, 4) is 0 Å². The Kier molecular flexibility index (Phi) is 7.19. The van der Waals surface area contributed by atoms with Crippen molar-refractivity contribution in [2.45, 2.75) is 52.1 Å². The Hall–Kier alpha value is -1.35. The lowest BCUT2D eigenvalue weighted by Crippen LogP contribution is -2.08. The van der Waals surface area contributed by atoms with Crippen LogP contribution in [0.4, 0.5) is 0 Å². The van der Waals surface area contributed by atoms with E-state index < -0.39 is 6.10 Å². The molecule has 1 unspecified atom stereocenters. The zero-order valence-electron chi connectivity index (χ0n) is 11.9. The van der Waals surface area contributed by atoms with Gasteiger partial charge in [-0.25, -0.2) is 0 Å². The molecule has 0 spiro atoms. The largest absolute Gasteiger partial charge is 0.466 e. The summed E-state index contributed by atoms with van der Waals surface area (Å²) in [7, 11) is 0. The maximum absolute atomic E-state index is 11.4. The number of hydrogen-bond acceptors (Lipinski definition) is 3. The van der Waals surface area contributed by atoms with Crippen molar-refractivity contribution >= 4 is 5.97 Å². The van der Waals surface area contributed by atoms with Gasteiger partial charge in [-0.05, 0) is 30.4 Å². The zero-order chi connectivity index (χ0) is 14.1. The van der Waals surface area contributed by atoms with E-state index in [9.17, 15) is 9.90 Å². The van der Waals surface area contributed by atoms with Gasteiger partial charge < -0.3 is 9.84 Å². The lowest BCUT2D eigenvalue weighted by Gasteiger charge is -2.11. The third kappa shape index (κ3) is 5.88. The molecule has 0 saturated heterocycles. The molecule has 0 radical (unpaired) electrons. The van der Waals surface area contributed by atoms with Crippen LogP contribution in [0.1, 0.15) is 56.8 Å². The quantitative estimate of drug-likeness (QED) is 0.578. The molecule has 0 aliphatic rings. The van der Waals surface area contributed by atoms with Crippen LogP contribution in [0.25, 0.3) is 0 Å². The molecule has 0 aliphatic heterocycles. The Labute approximate surface area is 115 Å². The summed E-state index contributed by atoms with van der Waals surface area (Å²) < 4.78 is 5.06. The topological polar surface area (TPSA) is 46.5 Å². The first-order chi connectivity index (χ1) is 9.17. The van der Waals surface area contributed by atoms with E-state index in [1.807, 2.05) is 24.3 Å². The molecule has 1 N–H and O–H groups in total. The van der Waals surface area contributed by atoms with Crippen molar-refractivity contribution in [2.24, 2.45) is 0 Å². The highest BCUT2D eigenvalue weighted by Crippen LogP contribution is 2.19. The molecule has 1 atom stereocenters. The summed E-state index contributed by atoms with van der Waals surface area (Å²) in [5.74, 6) is -0.224. The molecule has 1 rings (SSSR count). The number of unbranched alkanes of at least 4 members (excludes halogenated alkanes) is 1. The van der Waals surface area contributed by atoms with Crippen LogP contribution in [0, 0.1) is 0 Å². The summed E-state index contributed by atoms with van der Waals surface area (Å²) in [5, 5.41) is 10.00. The number of carbonyl (C=O) groups is 1. The minimum atomic E-state index is -0.593. The van der Waals surface area contributed by atoms with Crippen LogP contribution >= 0.6 is 0 Å². The van der Waals surface area contributed by atoms with E-state index in [0.717, 1.165) is 24.8 Å². The Morgan fingerprint density at radius 3 is 2.53 bits per heavy atom. The fraction of sp³-hybridized carbons (Fsp3) is 0.562. The maximum atomic E-state index is 11.4. The molecule has 1 aromatic rings. The minimum Gasteiger partial charge on any atom is -0.466 e. The molecule has 0 saturated carbocycles. The number of rotatable bonds is 8. The number of aliphatic hydroxyl groups excluding tert-OH is 1. The molecule has 1 aromatic carbocycles. The van der Waals surface area contributed by atoms with Crippen molar-refractivity contribution in [2.75, 3.05) is 6.61 Å². The van der Waals surface area contributed by atoms with Crippen molar-refractivity contribution < 1.29 is 14.6 Å². The van der Waals surface area contributed by atoms with Gasteiger partial charge in [-0.2, -0.15) is 0 Å². The van der Waals surface area contributed by atoms with Gasteiger partial charge in [0.05, 0.1) is 12.7 Å². The average molecular weight is 264 g/mol. The standard InChI is InChI=1S/C16H24O3/c1-3-5-12-19-16(18)11-10-15(17)14-8-6-13(4-2)7-9-14/h6-9,15,17H,3-5,10-12H2,1-2H3. The molecule has 0 amide bonds. The smallest absolute Gasteiger partial charge is 0.305 e. The van der Waals surface area contributed by atoms with E-state index in [0.29, 0.717) is 13.0 Å². The Balaban J connectivity index is 2.33. The molecule has 0 aromatic heterocycles. The van der Waals surface area contributed by atoms with Crippen LogP contribution in [0.2, 0.25) is 0 Å². The van der Waals surface area contributed by atoms with Gasteiger partial charge in [0.2, 0.25) is 0 Å². The second-order valence-electron chi connectivity index (χ2n) is 4.72. The first-order valence-electron chi connectivity index (χ1n) is 7.09. The van der Waals surface area contributed by atoms with Crippen molar-refractivity contribution in [1.82, 2.24) is 0 Å². The van der Waals surface area contributed by atoms with Gasteiger partial charge in [0.1, 0.15) is 0 Å². The molecule has 0 bridgehead atoms. The second-order valence-corrected chi connectivity index (χ2v) is 4.72. The summed E-state index contributed by atoms with van der Waals surface area (Å²) in [5.41, 5.74) is 2.11. The SMILES string of the molecule is CCCCOC(=O)CCC(O)c1ccc(CC)cc1. The number of aliphatic hydroxyl groups is 1. The fourth-order valence-electron chi connectivity index (χ4n) is 1.80. The minimum absolute atomic E-state index is 0.224. The van der Waals surface area contributed by atoms with Crippen LogP contribution in [0.5, 0.6) is 0 Å². The third-order valence-corrected chi connectivity index (χ3v) is 3.16. The molecular weight excluding hydrogens is 240 g/mol. The van der Waals surface area contributed by atoms with Crippen LogP contribution < -0.4 is 0 Å². The summed E-state index contributed by atoms with van der Waals surface area (Å²) in [4.78, 5) is 11.4. The molecule has 0 aliphatic carbocycles. The average Bonchev–Trinajstić information content (AvgIpc) is 2.45. The van der Waals surface area contributed by atoms with Gasteiger partial charge in [0.15, 0.2) is 0 Å². The molecule has 106 valence electrons. The number of ether oxygens (including phenoxy) is 1. The van der Waals surface area contributed by atoms with Crippen LogP contribution in [-0.2, 0) is 16.0 Å². The normalized spacial score (nSPS) is 12.2. The van der Waals surface area contributed by atoms with E-state index in [2.05, 4.69) is 13.8 Å². The molecule has 19 heavy (non-hydrogen) atoms. The monoisotopic (exact) mass is 264 g/mol. The Morgan fingerprint density at radius 1 is 1.26 bits per heavy atom. The van der Waals surface area contributed by atoms with E-state index in [-0.39, 0.29) is 12.4 Å². The highest BCUT2D eigenvalue weighted by Gasteiger charge is 2.11. The highest BCUT2D eigenvalue weighted by molar-refractivity contribution is 5.69. The second kappa shape index (κ2) is 8.70. The van der Waals surface area contributed by atoms with Gasteiger partial charge in [0, 0.05) is 6.42 Å².